The summed E-state index contributed by atoms with van der Waals surface area (Å²) in [7, 11) is 0. The molecule has 1 aliphatic rings. The Bertz CT molecular complexity index is 1430. The average Bonchev–Trinajstić information content (AvgIpc) is 2.95. The molecule has 9 nitrogen and oxygen atoms in total. The first kappa shape index (κ1) is 28.7. The van der Waals surface area contributed by atoms with Crippen LogP contribution in [0.2, 0.25) is 0 Å². The zero-order valence-electron chi connectivity index (χ0n) is 21.9. The topological polar surface area (TPSA) is 126 Å². The fourth-order valence-electron chi connectivity index (χ4n) is 4.25. The van der Waals surface area contributed by atoms with Gasteiger partial charge in [-0.15, -0.1) is 0 Å². The van der Waals surface area contributed by atoms with Gasteiger partial charge in [0.05, 0.1) is 23.0 Å². The Morgan fingerprint density at radius 3 is 2.40 bits per heavy atom. The zero-order chi connectivity index (χ0) is 28.5. The molecule has 3 aromatic rings. The van der Waals surface area contributed by atoms with Crippen molar-refractivity contribution in [2.24, 2.45) is 5.10 Å². The number of nitrogens with zero attached hydrogens (tertiary/aromatic N) is 1. The second kappa shape index (κ2) is 13.7. The molecule has 0 saturated heterocycles. The largest absolute Gasteiger partial charge is 0.422 e. The fraction of sp³-hybridized carbons (Fsp3) is 0.233. The first-order valence-electron chi connectivity index (χ1n) is 12.9. The maximum atomic E-state index is 12.8. The molecule has 0 spiro atoms. The normalized spacial score (nSPS) is 13.4. The molecule has 206 valence electrons. The number of carbonyl (C=O) groups excluding carboxylic acids is 4. The van der Waals surface area contributed by atoms with Gasteiger partial charge < -0.3 is 15.4 Å². The molecule has 0 radical (unpaired) electrons. The van der Waals surface area contributed by atoms with E-state index >= 15 is 0 Å². The van der Waals surface area contributed by atoms with Crippen LogP contribution in [0.1, 0.15) is 63.9 Å². The lowest BCUT2D eigenvalue weighted by atomic mass is 9.95. The lowest BCUT2D eigenvalue weighted by Gasteiger charge is -2.23. The molecule has 4 rings (SSSR count). The number of carbonyl (C=O) groups is 4. The van der Waals surface area contributed by atoms with Crippen molar-refractivity contribution in [3.05, 3.63) is 93.5 Å². The van der Waals surface area contributed by atoms with Gasteiger partial charge in [-0.3, -0.25) is 14.4 Å². The maximum absolute atomic E-state index is 12.8. The van der Waals surface area contributed by atoms with E-state index in [1.54, 1.807) is 54.6 Å². The summed E-state index contributed by atoms with van der Waals surface area (Å²) in [5.74, 6) is -2.66. The number of hydrazone groups is 1. The predicted molar refractivity (Wildman–Crippen MR) is 155 cm³/mol. The van der Waals surface area contributed by atoms with Crippen LogP contribution in [0.15, 0.2) is 76.3 Å². The molecule has 40 heavy (non-hydrogen) atoms. The number of rotatable bonds is 7. The van der Waals surface area contributed by atoms with Crippen molar-refractivity contribution in [1.29, 1.82) is 0 Å². The molecule has 3 N–H and O–H groups in total. The van der Waals surface area contributed by atoms with Crippen LogP contribution in [-0.2, 0) is 9.59 Å². The van der Waals surface area contributed by atoms with Gasteiger partial charge in [-0.2, -0.15) is 5.10 Å². The Labute approximate surface area is 240 Å². The van der Waals surface area contributed by atoms with Gasteiger partial charge in [0.15, 0.2) is 0 Å². The number of para-hydroxylation sites is 1. The van der Waals surface area contributed by atoms with Crippen LogP contribution in [0, 0.1) is 6.92 Å². The summed E-state index contributed by atoms with van der Waals surface area (Å²) in [5.41, 5.74) is 4.44. The summed E-state index contributed by atoms with van der Waals surface area (Å²) < 4.78 is 6.21. The second-order valence-electron chi connectivity index (χ2n) is 9.44. The van der Waals surface area contributed by atoms with E-state index in [2.05, 4.69) is 37.1 Å². The average molecular weight is 605 g/mol. The van der Waals surface area contributed by atoms with Crippen molar-refractivity contribution < 1.29 is 23.9 Å². The van der Waals surface area contributed by atoms with E-state index in [0.717, 1.165) is 37.7 Å². The van der Waals surface area contributed by atoms with Crippen molar-refractivity contribution in [1.82, 2.24) is 10.7 Å². The standard InChI is InChI=1S/C30H29BrN4O5/c1-19-11-13-20(14-12-19)30(39)40-26-16-15-22(31)17-21(26)18-32-35-29(38)28(37)34-25-10-6-5-9-24(25)27(36)33-23-7-3-2-4-8-23/h5-6,9-18,23H,2-4,7-8H2,1H3,(H,33,36)(H,34,37)(H,35,38)/b32-18-. The van der Waals surface area contributed by atoms with Gasteiger partial charge in [-0.1, -0.05) is 65.0 Å². The number of amides is 3. The van der Waals surface area contributed by atoms with Crippen LogP contribution in [0.4, 0.5) is 5.69 Å². The highest BCUT2D eigenvalue weighted by Crippen LogP contribution is 2.23. The van der Waals surface area contributed by atoms with Gasteiger partial charge in [0.25, 0.3) is 5.91 Å². The molecule has 1 saturated carbocycles. The Balaban J connectivity index is 1.38. The summed E-state index contributed by atoms with van der Waals surface area (Å²) in [4.78, 5) is 50.4. The molecule has 0 unspecified atom stereocenters. The van der Waals surface area contributed by atoms with E-state index in [-0.39, 0.29) is 28.9 Å². The summed E-state index contributed by atoms with van der Waals surface area (Å²) in [6.45, 7) is 1.92. The number of esters is 1. The van der Waals surface area contributed by atoms with Gasteiger partial charge >= 0.3 is 17.8 Å². The first-order chi connectivity index (χ1) is 19.3. The molecular weight excluding hydrogens is 576 g/mol. The van der Waals surface area contributed by atoms with Gasteiger partial charge in [0, 0.05) is 16.1 Å². The SMILES string of the molecule is Cc1ccc(C(=O)Oc2ccc(Br)cc2/C=N\NC(=O)C(=O)Nc2ccccc2C(=O)NC2CCCCC2)cc1. The molecule has 0 heterocycles. The monoisotopic (exact) mass is 604 g/mol. The van der Waals surface area contributed by atoms with E-state index in [1.807, 2.05) is 19.1 Å². The number of benzene rings is 3. The molecular formula is C30H29BrN4O5. The summed E-state index contributed by atoms with van der Waals surface area (Å²) in [6.07, 6.45) is 6.41. The minimum atomic E-state index is -1.04. The van der Waals surface area contributed by atoms with Crippen molar-refractivity contribution >= 4 is 51.5 Å². The fourth-order valence-corrected chi connectivity index (χ4v) is 4.63. The number of nitrogens with one attached hydrogen (secondary N) is 3. The highest BCUT2D eigenvalue weighted by Gasteiger charge is 2.21. The molecule has 0 aliphatic heterocycles. The number of ether oxygens (including phenoxy) is 1. The summed E-state index contributed by atoms with van der Waals surface area (Å²) >= 11 is 3.36. The predicted octanol–water partition coefficient (Wildman–Crippen LogP) is 5.13. The first-order valence-corrected chi connectivity index (χ1v) is 13.7. The van der Waals surface area contributed by atoms with E-state index < -0.39 is 17.8 Å². The molecule has 0 aromatic heterocycles. The van der Waals surface area contributed by atoms with E-state index in [9.17, 15) is 19.2 Å². The molecule has 1 fully saturated rings. The Morgan fingerprint density at radius 2 is 1.65 bits per heavy atom. The minimum absolute atomic E-state index is 0.0988. The minimum Gasteiger partial charge on any atom is -0.422 e. The van der Waals surface area contributed by atoms with Gasteiger partial charge in [-0.25, -0.2) is 10.2 Å². The third kappa shape index (κ3) is 7.86. The van der Waals surface area contributed by atoms with Crippen LogP contribution >= 0.6 is 15.9 Å². The molecule has 0 bridgehead atoms. The van der Waals surface area contributed by atoms with E-state index in [0.29, 0.717) is 15.6 Å². The van der Waals surface area contributed by atoms with Crippen LogP contribution < -0.4 is 20.8 Å². The number of hydrogen-bond donors (Lipinski definition) is 3. The van der Waals surface area contributed by atoms with Crippen molar-refractivity contribution in [2.45, 2.75) is 45.1 Å². The molecule has 1 aliphatic carbocycles. The van der Waals surface area contributed by atoms with Crippen molar-refractivity contribution in [3.8, 4) is 5.75 Å². The Hall–Kier alpha value is -4.31. The number of hydrogen-bond acceptors (Lipinski definition) is 6. The molecule has 3 aromatic carbocycles. The zero-order valence-corrected chi connectivity index (χ0v) is 23.5. The number of halogens is 1. The summed E-state index contributed by atoms with van der Waals surface area (Å²) in [5, 5.41) is 9.35. The quantitative estimate of drug-likeness (QED) is 0.113. The highest BCUT2D eigenvalue weighted by molar-refractivity contribution is 9.10. The van der Waals surface area contributed by atoms with Gasteiger partial charge in [-0.05, 0) is 62.2 Å². The van der Waals surface area contributed by atoms with E-state index in [4.69, 9.17) is 4.74 Å². The number of anilines is 1. The van der Waals surface area contributed by atoms with E-state index in [1.165, 1.54) is 6.21 Å². The Morgan fingerprint density at radius 1 is 0.925 bits per heavy atom. The second-order valence-corrected chi connectivity index (χ2v) is 10.4. The smallest absolute Gasteiger partial charge is 0.343 e. The maximum Gasteiger partial charge on any atom is 0.343 e. The van der Waals surface area contributed by atoms with Gasteiger partial charge in [0.1, 0.15) is 5.75 Å². The van der Waals surface area contributed by atoms with Crippen molar-refractivity contribution in [3.63, 3.8) is 0 Å². The lowest BCUT2D eigenvalue weighted by molar-refractivity contribution is -0.136. The van der Waals surface area contributed by atoms with Crippen LogP contribution in [-0.4, -0.2) is 35.9 Å². The van der Waals surface area contributed by atoms with Crippen LogP contribution in [0.3, 0.4) is 0 Å². The molecule has 3 amide bonds. The lowest BCUT2D eigenvalue weighted by Crippen LogP contribution is -2.37. The van der Waals surface area contributed by atoms with Crippen LogP contribution in [0.5, 0.6) is 5.75 Å². The van der Waals surface area contributed by atoms with Crippen LogP contribution in [0.25, 0.3) is 0 Å². The third-order valence-electron chi connectivity index (χ3n) is 6.40. The third-order valence-corrected chi connectivity index (χ3v) is 6.89. The summed E-state index contributed by atoms with van der Waals surface area (Å²) in [6, 6.07) is 18.5. The molecule has 0 atom stereocenters. The Kier molecular flexibility index (Phi) is 9.80. The number of aryl methyl sites for hydroxylation is 1. The van der Waals surface area contributed by atoms with Gasteiger partial charge in [0.2, 0.25) is 0 Å². The highest BCUT2D eigenvalue weighted by atomic mass is 79.9. The molecule has 10 heteroatoms. The van der Waals surface area contributed by atoms with Crippen molar-refractivity contribution in [2.75, 3.05) is 5.32 Å².